The fourth-order valence-electron chi connectivity index (χ4n) is 2.62. The molecule has 0 bridgehead atoms. The molecule has 6 nitrogen and oxygen atoms in total. The lowest BCUT2D eigenvalue weighted by Gasteiger charge is -2.11. The molecule has 0 amide bonds. The van der Waals surface area contributed by atoms with Gasteiger partial charge in [0.15, 0.2) is 5.96 Å². The van der Waals surface area contributed by atoms with E-state index >= 15 is 0 Å². The molecule has 1 rings (SSSR count). The minimum absolute atomic E-state index is 0. The van der Waals surface area contributed by atoms with E-state index in [0.717, 1.165) is 31.3 Å². The molecule has 0 saturated heterocycles. The van der Waals surface area contributed by atoms with Gasteiger partial charge in [0, 0.05) is 31.5 Å². The molecule has 0 aliphatic rings. The molecule has 1 aromatic rings. The summed E-state index contributed by atoms with van der Waals surface area (Å²) in [6, 6.07) is 0. The first-order valence-corrected chi connectivity index (χ1v) is 9.18. The number of unbranched alkanes of at least 4 members (excludes halogenated alkanes) is 3. The summed E-state index contributed by atoms with van der Waals surface area (Å²) >= 11 is 0. The average molecular weight is 465 g/mol. The number of methoxy groups -OCH3 is 1. The van der Waals surface area contributed by atoms with Crippen LogP contribution in [0.3, 0.4) is 0 Å². The normalized spacial score (nSPS) is 11.3. The summed E-state index contributed by atoms with van der Waals surface area (Å²) in [6.45, 7) is 12.4. The van der Waals surface area contributed by atoms with Gasteiger partial charge in [0.1, 0.15) is 0 Å². The maximum atomic E-state index is 5.14. The fraction of sp³-hybridized carbons (Fsp3) is 0.778. The largest absolute Gasteiger partial charge is 0.383 e. The minimum atomic E-state index is 0. The van der Waals surface area contributed by atoms with Crippen molar-refractivity contribution in [2.75, 3.05) is 26.8 Å². The number of nitrogens with one attached hydrogen (secondary N) is 2. The zero-order valence-corrected chi connectivity index (χ0v) is 18.9. The van der Waals surface area contributed by atoms with Gasteiger partial charge in [-0.25, -0.2) is 4.99 Å². The van der Waals surface area contributed by atoms with Crippen molar-refractivity contribution >= 4 is 29.9 Å². The Bertz CT molecular complexity index is 502. The Balaban J connectivity index is 0.00000576. The zero-order valence-electron chi connectivity index (χ0n) is 16.5. The molecular weight excluding hydrogens is 429 g/mol. The maximum Gasteiger partial charge on any atom is 0.191 e. The van der Waals surface area contributed by atoms with Crippen molar-refractivity contribution in [2.24, 2.45) is 4.99 Å². The highest BCUT2D eigenvalue weighted by Gasteiger charge is 2.11. The van der Waals surface area contributed by atoms with Crippen LogP contribution in [0.25, 0.3) is 0 Å². The van der Waals surface area contributed by atoms with Crippen molar-refractivity contribution in [3.8, 4) is 0 Å². The van der Waals surface area contributed by atoms with Crippen LogP contribution in [0.4, 0.5) is 0 Å². The van der Waals surface area contributed by atoms with Gasteiger partial charge in [0.25, 0.3) is 0 Å². The van der Waals surface area contributed by atoms with Gasteiger partial charge in [0.2, 0.25) is 0 Å². The van der Waals surface area contributed by atoms with Gasteiger partial charge in [-0.2, -0.15) is 5.10 Å². The third kappa shape index (κ3) is 8.89. The Morgan fingerprint density at radius 3 is 2.56 bits per heavy atom. The Morgan fingerprint density at radius 1 is 1.16 bits per heavy atom. The van der Waals surface area contributed by atoms with E-state index in [1.807, 2.05) is 11.6 Å². The number of aliphatic imine (C=N–C) groups is 1. The number of hydrogen-bond acceptors (Lipinski definition) is 3. The van der Waals surface area contributed by atoms with Crippen LogP contribution in [0.2, 0.25) is 0 Å². The summed E-state index contributed by atoms with van der Waals surface area (Å²) in [5.41, 5.74) is 3.42. The maximum absolute atomic E-state index is 5.14. The Kier molecular flexibility index (Phi) is 13.9. The molecule has 146 valence electrons. The van der Waals surface area contributed by atoms with Crippen molar-refractivity contribution in [3.05, 3.63) is 17.0 Å². The molecule has 0 fully saturated rings. The van der Waals surface area contributed by atoms with Crippen LogP contribution in [0.1, 0.15) is 56.5 Å². The van der Waals surface area contributed by atoms with Gasteiger partial charge in [0.05, 0.1) is 25.4 Å². The monoisotopic (exact) mass is 465 g/mol. The van der Waals surface area contributed by atoms with Gasteiger partial charge in [-0.1, -0.05) is 26.2 Å². The SMILES string of the molecule is CCCCCCNC(=NCc1c(C)nn(CCOC)c1C)NCC.I. The van der Waals surface area contributed by atoms with Crippen LogP contribution in [-0.4, -0.2) is 42.5 Å². The topological polar surface area (TPSA) is 63.5 Å². The molecule has 0 aliphatic carbocycles. The van der Waals surface area contributed by atoms with E-state index < -0.39 is 0 Å². The standard InChI is InChI=1S/C18H35N5O.HI/c1-6-8-9-10-11-20-18(19-7-2)21-14-17-15(3)22-23(16(17)4)12-13-24-5;/h6-14H2,1-5H3,(H2,19,20,21);1H. The first kappa shape index (κ1) is 24.2. The zero-order chi connectivity index (χ0) is 17.8. The minimum Gasteiger partial charge on any atom is -0.383 e. The van der Waals surface area contributed by atoms with Crippen molar-refractivity contribution < 1.29 is 4.74 Å². The fourth-order valence-corrected chi connectivity index (χ4v) is 2.62. The lowest BCUT2D eigenvalue weighted by atomic mass is 10.2. The van der Waals surface area contributed by atoms with E-state index in [2.05, 4.69) is 36.5 Å². The molecule has 0 aliphatic heterocycles. The lowest BCUT2D eigenvalue weighted by molar-refractivity contribution is 0.182. The predicted octanol–water partition coefficient (Wildman–Crippen LogP) is 3.40. The van der Waals surface area contributed by atoms with Gasteiger partial charge >= 0.3 is 0 Å². The Hall–Kier alpha value is -0.830. The number of nitrogens with zero attached hydrogens (tertiary/aromatic N) is 3. The molecule has 7 heteroatoms. The van der Waals surface area contributed by atoms with Gasteiger partial charge in [-0.05, 0) is 27.2 Å². The molecule has 0 radical (unpaired) electrons. The quantitative estimate of drug-likeness (QED) is 0.228. The van der Waals surface area contributed by atoms with Crippen LogP contribution in [0.15, 0.2) is 4.99 Å². The van der Waals surface area contributed by atoms with Crippen LogP contribution in [0.5, 0.6) is 0 Å². The van der Waals surface area contributed by atoms with E-state index in [1.54, 1.807) is 7.11 Å². The van der Waals surface area contributed by atoms with E-state index in [9.17, 15) is 0 Å². The summed E-state index contributed by atoms with van der Waals surface area (Å²) in [7, 11) is 1.71. The van der Waals surface area contributed by atoms with Gasteiger partial charge in [-0.3, -0.25) is 4.68 Å². The molecule has 0 saturated carbocycles. The number of rotatable bonds is 11. The van der Waals surface area contributed by atoms with Crippen LogP contribution in [0, 0.1) is 13.8 Å². The highest BCUT2D eigenvalue weighted by Crippen LogP contribution is 2.14. The van der Waals surface area contributed by atoms with Crippen molar-refractivity contribution in [3.63, 3.8) is 0 Å². The Morgan fingerprint density at radius 2 is 1.92 bits per heavy atom. The number of ether oxygens (including phenoxy) is 1. The van der Waals surface area contributed by atoms with E-state index in [4.69, 9.17) is 9.73 Å². The molecule has 0 unspecified atom stereocenters. The second-order valence-electron chi connectivity index (χ2n) is 6.05. The number of guanidine groups is 1. The van der Waals surface area contributed by atoms with Crippen LogP contribution in [-0.2, 0) is 17.8 Å². The molecular formula is C18H36IN5O. The van der Waals surface area contributed by atoms with Crippen molar-refractivity contribution in [1.29, 1.82) is 0 Å². The van der Waals surface area contributed by atoms with E-state index in [-0.39, 0.29) is 24.0 Å². The molecule has 1 heterocycles. The molecule has 0 atom stereocenters. The molecule has 0 aromatic carbocycles. The number of aryl methyl sites for hydroxylation is 1. The third-order valence-corrected chi connectivity index (χ3v) is 4.10. The highest BCUT2D eigenvalue weighted by atomic mass is 127. The second-order valence-corrected chi connectivity index (χ2v) is 6.05. The number of hydrogen-bond donors (Lipinski definition) is 2. The molecule has 25 heavy (non-hydrogen) atoms. The molecule has 2 N–H and O–H groups in total. The van der Waals surface area contributed by atoms with E-state index in [1.165, 1.54) is 36.9 Å². The summed E-state index contributed by atoms with van der Waals surface area (Å²) in [6.07, 6.45) is 5.02. The first-order chi connectivity index (χ1) is 11.6. The highest BCUT2D eigenvalue weighted by molar-refractivity contribution is 14.0. The smallest absolute Gasteiger partial charge is 0.191 e. The summed E-state index contributed by atoms with van der Waals surface area (Å²) in [4.78, 5) is 4.73. The van der Waals surface area contributed by atoms with E-state index in [0.29, 0.717) is 13.2 Å². The van der Waals surface area contributed by atoms with Crippen molar-refractivity contribution in [1.82, 2.24) is 20.4 Å². The third-order valence-electron chi connectivity index (χ3n) is 4.10. The summed E-state index contributed by atoms with van der Waals surface area (Å²) < 4.78 is 7.15. The first-order valence-electron chi connectivity index (χ1n) is 9.18. The average Bonchev–Trinajstić information content (AvgIpc) is 2.84. The van der Waals surface area contributed by atoms with Crippen LogP contribution < -0.4 is 10.6 Å². The summed E-state index contributed by atoms with van der Waals surface area (Å²) in [5, 5.41) is 11.3. The number of halogens is 1. The van der Waals surface area contributed by atoms with Gasteiger partial charge in [-0.15, -0.1) is 24.0 Å². The molecule has 1 aromatic heterocycles. The predicted molar refractivity (Wildman–Crippen MR) is 116 cm³/mol. The van der Waals surface area contributed by atoms with Gasteiger partial charge < -0.3 is 15.4 Å². The summed E-state index contributed by atoms with van der Waals surface area (Å²) in [5.74, 6) is 0.887. The van der Waals surface area contributed by atoms with Crippen LogP contribution >= 0.6 is 24.0 Å². The lowest BCUT2D eigenvalue weighted by Crippen LogP contribution is -2.37. The Labute approximate surface area is 170 Å². The molecule has 0 spiro atoms. The second kappa shape index (κ2) is 14.4. The number of aromatic nitrogens is 2. The van der Waals surface area contributed by atoms with Crippen molar-refractivity contribution in [2.45, 2.75) is 66.5 Å².